The molecule has 0 saturated carbocycles. The molecule has 0 saturated heterocycles. The standard InChI is InChI=1S/C12H12INO2/c1-3-8-5-9(12(15)16-4-2)6-10(7-14)11(8)13/h5-6H,3-4H2,1-2H3. The third-order valence-corrected chi connectivity index (χ3v) is 3.43. The maximum Gasteiger partial charge on any atom is 0.338 e. The fourth-order valence-electron chi connectivity index (χ4n) is 1.36. The van der Waals surface area contributed by atoms with Gasteiger partial charge in [-0.05, 0) is 53.6 Å². The average Bonchev–Trinajstić information content (AvgIpc) is 2.29. The molecule has 0 radical (unpaired) electrons. The van der Waals surface area contributed by atoms with E-state index < -0.39 is 0 Å². The highest BCUT2D eigenvalue weighted by Gasteiger charge is 2.12. The van der Waals surface area contributed by atoms with Gasteiger partial charge in [-0.1, -0.05) is 6.92 Å². The molecular formula is C12H12INO2. The van der Waals surface area contributed by atoms with Crippen molar-refractivity contribution in [2.24, 2.45) is 0 Å². The van der Waals surface area contributed by atoms with Crippen LogP contribution in [0.15, 0.2) is 12.1 Å². The fourth-order valence-corrected chi connectivity index (χ4v) is 2.17. The maximum atomic E-state index is 11.6. The fraction of sp³-hybridized carbons (Fsp3) is 0.333. The van der Waals surface area contributed by atoms with Gasteiger partial charge in [-0.25, -0.2) is 4.79 Å². The second-order valence-electron chi connectivity index (χ2n) is 3.18. The van der Waals surface area contributed by atoms with Gasteiger partial charge in [0, 0.05) is 3.57 Å². The molecule has 0 atom stereocenters. The summed E-state index contributed by atoms with van der Waals surface area (Å²) in [5.41, 5.74) is 1.99. The first-order valence-corrected chi connectivity index (χ1v) is 6.11. The van der Waals surface area contributed by atoms with Gasteiger partial charge in [0.1, 0.15) is 6.07 Å². The van der Waals surface area contributed by atoms with Gasteiger partial charge in [0.2, 0.25) is 0 Å². The quantitative estimate of drug-likeness (QED) is 0.633. The highest BCUT2D eigenvalue weighted by Crippen LogP contribution is 2.20. The summed E-state index contributed by atoms with van der Waals surface area (Å²) in [6.45, 7) is 4.10. The number of hydrogen-bond acceptors (Lipinski definition) is 3. The van der Waals surface area contributed by atoms with Crippen LogP contribution in [0.2, 0.25) is 0 Å². The molecule has 1 aromatic rings. The van der Waals surface area contributed by atoms with Gasteiger partial charge < -0.3 is 4.74 Å². The number of nitrogens with zero attached hydrogens (tertiary/aromatic N) is 1. The lowest BCUT2D eigenvalue weighted by Gasteiger charge is -2.07. The van der Waals surface area contributed by atoms with Gasteiger partial charge in [-0.15, -0.1) is 0 Å². The van der Waals surface area contributed by atoms with Gasteiger partial charge in [-0.3, -0.25) is 0 Å². The molecule has 0 unspecified atom stereocenters. The van der Waals surface area contributed by atoms with E-state index in [-0.39, 0.29) is 5.97 Å². The minimum absolute atomic E-state index is 0.341. The van der Waals surface area contributed by atoms with Crippen molar-refractivity contribution in [3.63, 3.8) is 0 Å². The molecule has 84 valence electrons. The minimum atomic E-state index is -0.370. The third kappa shape index (κ3) is 2.73. The van der Waals surface area contributed by atoms with E-state index in [0.29, 0.717) is 17.7 Å². The van der Waals surface area contributed by atoms with Crippen LogP contribution < -0.4 is 0 Å². The number of nitriles is 1. The van der Waals surface area contributed by atoms with Crippen molar-refractivity contribution in [2.75, 3.05) is 6.61 Å². The number of carbonyl (C=O) groups excluding carboxylic acids is 1. The van der Waals surface area contributed by atoms with Crippen molar-refractivity contribution >= 4 is 28.6 Å². The third-order valence-electron chi connectivity index (χ3n) is 2.16. The number of ether oxygens (including phenoxy) is 1. The Labute approximate surface area is 109 Å². The summed E-state index contributed by atoms with van der Waals surface area (Å²) in [6.07, 6.45) is 0.792. The molecule has 4 heteroatoms. The van der Waals surface area contributed by atoms with Crippen LogP contribution in [0.1, 0.15) is 35.3 Å². The number of carbonyl (C=O) groups is 1. The van der Waals surface area contributed by atoms with Crippen LogP contribution in [0, 0.1) is 14.9 Å². The van der Waals surface area contributed by atoms with E-state index in [0.717, 1.165) is 15.6 Å². The zero-order valence-electron chi connectivity index (χ0n) is 9.21. The van der Waals surface area contributed by atoms with Crippen molar-refractivity contribution in [1.29, 1.82) is 5.26 Å². The van der Waals surface area contributed by atoms with Crippen LogP contribution in [0.25, 0.3) is 0 Å². The van der Waals surface area contributed by atoms with E-state index in [4.69, 9.17) is 10.00 Å². The highest BCUT2D eigenvalue weighted by molar-refractivity contribution is 14.1. The summed E-state index contributed by atoms with van der Waals surface area (Å²) >= 11 is 2.13. The largest absolute Gasteiger partial charge is 0.462 e. The molecule has 16 heavy (non-hydrogen) atoms. The Balaban J connectivity index is 3.23. The predicted molar refractivity (Wildman–Crippen MR) is 69.2 cm³/mol. The number of benzene rings is 1. The van der Waals surface area contributed by atoms with E-state index in [2.05, 4.69) is 28.7 Å². The van der Waals surface area contributed by atoms with Gasteiger partial charge in [0.05, 0.1) is 17.7 Å². The van der Waals surface area contributed by atoms with E-state index in [9.17, 15) is 4.79 Å². The van der Waals surface area contributed by atoms with Gasteiger partial charge in [-0.2, -0.15) is 5.26 Å². The number of halogens is 1. The lowest BCUT2D eigenvalue weighted by molar-refractivity contribution is 0.0526. The maximum absolute atomic E-state index is 11.6. The summed E-state index contributed by atoms with van der Waals surface area (Å²) < 4.78 is 5.83. The van der Waals surface area contributed by atoms with Crippen LogP contribution in [-0.2, 0) is 11.2 Å². The topological polar surface area (TPSA) is 50.1 Å². The monoisotopic (exact) mass is 329 g/mol. The Morgan fingerprint density at radius 1 is 1.50 bits per heavy atom. The van der Waals surface area contributed by atoms with Crippen molar-refractivity contribution in [2.45, 2.75) is 20.3 Å². The Hall–Kier alpha value is -1.09. The van der Waals surface area contributed by atoms with Gasteiger partial charge in [0.25, 0.3) is 0 Å². The Bertz CT molecular complexity index is 449. The Morgan fingerprint density at radius 2 is 2.19 bits per heavy atom. The van der Waals surface area contributed by atoms with Crippen molar-refractivity contribution in [3.05, 3.63) is 32.4 Å². The Morgan fingerprint density at radius 3 is 2.69 bits per heavy atom. The minimum Gasteiger partial charge on any atom is -0.462 e. The zero-order valence-corrected chi connectivity index (χ0v) is 11.4. The number of hydrogen-bond donors (Lipinski definition) is 0. The predicted octanol–water partition coefficient (Wildman–Crippen LogP) is 2.90. The zero-order chi connectivity index (χ0) is 12.1. The molecule has 0 aromatic heterocycles. The number of rotatable bonds is 3. The summed E-state index contributed by atoms with van der Waals surface area (Å²) in [6, 6.07) is 5.47. The van der Waals surface area contributed by atoms with Crippen LogP contribution >= 0.6 is 22.6 Å². The van der Waals surface area contributed by atoms with Crippen molar-refractivity contribution < 1.29 is 9.53 Å². The molecule has 0 fully saturated rings. The summed E-state index contributed by atoms with van der Waals surface area (Å²) in [4.78, 5) is 11.6. The second kappa shape index (κ2) is 5.85. The van der Waals surface area contributed by atoms with Crippen LogP contribution in [-0.4, -0.2) is 12.6 Å². The van der Waals surface area contributed by atoms with Crippen LogP contribution in [0.5, 0.6) is 0 Å². The summed E-state index contributed by atoms with van der Waals surface area (Å²) in [5, 5.41) is 8.97. The summed E-state index contributed by atoms with van der Waals surface area (Å²) in [5.74, 6) is -0.370. The summed E-state index contributed by atoms with van der Waals surface area (Å²) in [7, 11) is 0. The van der Waals surface area contributed by atoms with E-state index in [1.807, 2.05) is 6.92 Å². The van der Waals surface area contributed by atoms with E-state index >= 15 is 0 Å². The normalized spacial score (nSPS) is 9.62. The van der Waals surface area contributed by atoms with Crippen molar-refractivity contribution in [1.82, 2.24) is 0 Å². The molecule has 0 N–H and O–H groups in total. The molecule has 0 bridgehead atoms. The lowest BCUT2D eigenvalue weighted by Crippen LogP contribution is -2.07. The molecule has 1 aromatic carbocycles. The number of aryl methyl sites for hydroxylation is 1. The molecule has 0 aliphatic heterocycles. The van der Waals surface area contributed by atoms with E-state index in [1.54, 1.807) is 19.1 Å². The number of esters is 1. The first-order chi connectivity index (χ1) is 7.63. The molecular weight excluding hydrogens is 317 g/mol. The molecule has 0 aliphatic rings. The molecule has 0 aliphatic carbocycles. The first-order valence-electron chi connectivity index (χ1n) is 5.03. The molecule has 0 amide bonds. The second-order valence-corrected chi connectivity index (χ2v) is 4.26. The molecule has 0 spiro atoms. The molecule has 0 heterocycles. The van der Waals surface area contributed by atoms with Crippen LogP contribution in [0.4, 0.5) is 0 Å². The van der Waals surface area contributed by atoms with Crippen molar-refractivity contribution in [3.8, 4) is 6.07 Å². The average molecular weight is 329 g/mol. The first kappa shape index (κ1) is 13.0. The smallest absolute Gasteiger partial charge is 0.338 e. The molecule has 3 nitrogen and oxygen atoms in total. The van der Waals surface area contributed by atoms with Gasteiger partial charge in [0.15, 0.2) is 0 Å². The lowest BCUT2D eigenvalue weighted by atomic mass is 10.0. The molecule has 1 rings (SSSR count). The SMILES string of the molecule is CCOC(=O)c1cc(C#N)c(I)c(CC)c1. The van der Waals surface area contributed by atoms with Crippen LogP contribution in [0.3, 0.4) is 0 Å². The van der Waals surface area contributed by atoms with Gasteiger partial charge >= 0.3 is 5.97 Å². The highest BCUT2D eigenvalue weighted by atomic mass is 127. The Kier molecular flexibility index (Phi) is 4.74. The van der Waals surface area contributed by atoms with E-state index in [1.165, 1.54) is 0 Å².